The maximum absolute atomic E-state index is 11.0. The maximum atomic E-state index is 11.0. The maximum Gasteiger partial charge on any atom is 0.251 e. The van der Waals surface area contributed by atoms with Crippen molar-refractivity contribution in [2.45, 2.75) is 25.9 Å². The summed E-state index contributed by atoms with van der Waals surface area (Å²) in [5, 5.41) is 9.09. The Morgan fingerprint density at radius 3 is 3.00 bits per heavy atom. The summed E-state index contributed by atoms with van der Waals surface area (Å²) in [6.45, 7) is 3.46. The highest BCUT2D eigenvalue weighted by Crippen LogP contribution is 2.10. The van der Waals surface area contributed by atoms with Crippen LogP contribution in [0.3, 0.4) is 0 Å². The molecule has 0 bridgehead atoms. The van der Waals surface area contributed by atoms with E-state index in [0.717, 1.165) is 19.5 Å². The number of amides is 1. The Kier molecular flexibility index (Phi) is 2.27. The Balaban J connectivity index is 2.51. The van der Waals surface area contributed by atoms with Crippen molar-refractivity contribution in [3.63, 3.8) is 0 Å². The van der Waals surface area contributed by atoms with Crippen LogP contribution in [0.2, 0.25) is 0 Å². The average Bonchev–Trinajstić information content (AvgIpc) is 1.95. The largest absolute Gasteiger partial charge is 0.383 e. The van der Waals surface area contributed by atoms with Crippen LogP contribution in [0.5, 0.6) is 0 Å². The Morgan fingerprint density at radius 2 is 2.50 bits per heavy atom. The Bertz CT molecular complexity index is 136. The van der Waals surface area contributed by atoms with Gasteiger partial charge in [-0.05, 0) is 19.8 Å². The highest BCUT2D eigenvalue weighted by molar-refractivity contribution is 5.81. The van der Waals surface area contributed by atoms with Gasteiger partial charge in [0.15, 0.2) is 0 Å². The molecule has 3 nitrogen and oxygen atoms in total. The molecule has 1 unspecified atom stereocenters. The van der Waals surface area contributed by atoms with Gasteiger partial charge in [0.05, 0.1) is 0 Å². The molecule has 3 heteroatoms. The summed E-state index contributed by atoms with van der Waals surface area (Å²) in [7, 11) is 0. The van der Waals surface area contributed by atoms with Crippen molar-refractivity contribution in [3.8, 4) is 0 Å². The second-order valence-corrected chi connectivity index (χ2v) is 2.58. The predicted octanol–water partition coefficient (Wildman–Crippen LogP) is -0.0104. The lowest BCUT2D eigenvalue weighted by Gasteiger charge is -2.28. The number of hydrogen-bond donors (Lipinski definition) is 1. The minimum Gasteiger partial charge on any atom is -0.383 e. The number of carbonyl (C=O) groups excluding carboxylic acids is 1. The average molecular weight is 143 g/mol. The van der Waals surface area contributed by atoms with E-state index >= 15 is 0 Å². The summed E-state index contributed by atoms with van der Waals surface area (Å²) in [6, 6.07) is 0. The molecule has 0 aromatic carbocycles. The third-order valence-electron chi connectivity index (χ3n) is 1.88. The molecule has 1 fully saturated rings. The number of aliphatic hydroxyl groups excluding tert-OH is 1. The van der Waals surface area contributed by atoms with Gasteiger partial charge in [-0.25, -0.2) is 0 Å². The monoisotopic (exact) mass is 143 g/mol. The van der Waals surface area contributed by atoms with E-state index in [1.807, 2.05) is 6.92 Å². The van der Waals surface area contributed by atoms with Crippen LogP contribution < -0.4 is 0 Å². The van der Waals surface area contributed by atoms with Gasteiger partial charge < -0.3 is 10.0 Å². The minimum absolute atomic E-state index is 0.103. The molecule has 0 saturated carbocycles. The van der Waals surface area contributed by atoms with E-state index in [4.69, 9.17) is 5.11 Å². The number of piperidine rings is 1. The third kappa shape index (κ3) is 1.29. The van der Waals surface area contributed by atoms with Crippen molar-refractivity contribution in [1.29, 1.82) is 0 Å². The van der Waals surface area contributed by atoms with Crippen LogP contribution in [-0.4, -0.2) is 35.1 Å². The van der Waals surface area contributed by atoms with Crippen LogP contribution in [0.1, 0.15) is 19.8 Å². The smallest absolute Gasteiger partial charge is 0.251 e. The highest BCUT2D eigenvalue weighted by Gasteiger charge is 2.24. The molecule has 1 saturated heterocycles. The zero-order valence-electron chi connectivity index (χ0n) is 6.21. The predicted molar refractivity (Wildman–Crippen MR) is 37.5 cm³/mol. The lowest BCUT2D eigenvalue weighted by Crippen LogP contribution is -2.43. The Hall–Kier alpha value is -0.570. The van der Waals surface area contributed by atoms with Crippen LogP contribution in [0.4, 0.5) is 0 Å². The lowest BCUT2D eigenvalue weighted by atomic mass is 10.1. The Labute approximate surface area is 60.6 Å². The molecule has 1 rings (SSSR count). The molecule has 1 amide bonds. The molecule has 0 aromatic heterocycles. The zero-order chi connectivity index (χ0) is 7.56. The number of hydrogen-bond acceptors (Lipinski definition) is 2. The molecule has 0 spiro atoms. The standard InChI is InChI=1S/C7H13NO2/c1-2-8-5-3-4-6(9)7(8)10/h6,9H,2-5H2,1H3. The number of rotatable bonds is 1. The second kappa shape index (κ2) is 3.01. The first-order valence-electron chi connectivity index (χ1n) is 3.72. The molecule has 1 atom stereocenters. The zero-order valence-corrected chi connectivity index (χ0v) is 6.21. The number of likely N-dealkylation sites (tertiary alicyclic amines) is 1. The van der Waals surface area contributed by atoms with Crippen molar-refractivity contribution in [2.75, 3.05) is 13.1 Å². The van der Waals surface area contributed by atoms with Crippen molar-refractivity contribution in [2.24, 2.45) is 0 Å². The lowest BCUT2D eigenvalue weighted by molar-refractivity contribution is -0.143. The molecule has 0 aliphatic carbocycles. The first-order valence-corrected chi connectivity index (χ1v) is 3.72. The molecule has 0 radical (unpaired) electrons. The summed E-state index contributed by atoms with van der Waals surface area (Å²) in [5.41, 5.74) is 0. The van der Waals surface area contributed by atoms with E-state index in [9.17, 15) is 4.79 Å². The van der Waals surface area contributed by atoms with Crippen LogP contribution in [-0.2, 0) is 4.79 Å². The topological polar surface area (TPSA) is 40.5 Å². The van der Waals surface area contributed by atoms with Crippen LogP contribution >= 0.6 is 0 Å². The van der Waals surface area contributed by atoms with Crippen LogP contribution in [0, 0.1) is 0 Å². The highest BCUT2D eigenvalue weighted by atomic mass is 16.3. The quantitative estimate of drug-likeness (QED) is 0.561. The fourth-order valence-electron chi connectivity index (χ4n) is 1.23. The number of nitrogens with zero attached hydrogens (tertiary/aromatic N) is 1. The van der Waals surface area contributed by atoms with Gasteiger partial charge in [0.1, 0.15) is 6.10 Å². The van der Waals surface area contributed by atoms with E-state index in [0.29, 0.717) is 6.42 Å². The van der Waals surface area contributed by atoms with E-state index in [-0.39, 0.29) is 5.91 Å². The fraction of sp³-hybridized carbons (Fsp3) is 0.857. The van der Waals surface area contributed by atoms with Crippen molar-refractivity contribution >= 4 is 5.91 Å². The molecular weight excluding hydrogens is 130 g/mol. The number of aliphatic hydroxyl groups is 1. The van der Waals surface area contributed by atoms with E-state index in [2.05, 4.69) is 0 Å². The molecular formula is C7H13NO2. The van der Waals surface area contributed by atoms with Gasteiger partial charge >= 0.3 is 0 Å². The van der Waals surface area contributed by atoms with Crippen LogP contribution in [0.25, 0.3) is 0 Å². The van der Waals surface area contributed by atoms with Crippen LogP contribution in [0.15, 0.2) is 0 Å². The summed E-state index contributed by atoms with van der Waals surface area (Å²) < 4.78 is 0. The molecule has 1 N–H and O–H groups in total. The third-order valence-corrected chi connectivity index (χ3v) is 1.88. The summed E-state index contributed by atoms with van der Waals surface area (Å²) in [4.78, 5) is 12.7. The molecule has 1 heterocycles. The molecule has 10 heavy (non-hydrogen) atoms. The summed E-state index contributed by atoms with van der Waals surface area (Å²) in [6.07, 6.45) is 0.837. The van der Waals surface area contributed by atoms with Gasteiger partial charge in [-0.15, -0.1) is 0 Å². The second-order valence-electron chi connectivity index (χ2n) is 2.58. The van der Waals surface area contributed by atoms with Gasteiger partial charge in [-0.3, -0.25) is 4.79 Å². The van der Waals surface area contributed by atoms with Gasteiger partial charge in [0, 0.05) is 13.1 Å². The SMILES string of the molecule is CCN1CCCC(O)C1=O. The van der Waals surface area contributed by atoms with Gasteiger partial charge in [0.2, 0.25) is 0 Å². The summed E-state index contributed by atoms with van der Waals surface area (Å²) >= 11 is 0. The van der Waals surface area contributed by atoms with Crippen molar-refractivity contribution in [3.05, 3.63) is 0 Å². The van der Waals surface area contributed by atoms with Gasteiger partial charge in [-0.1, -0.05) is 0 Å². The van der Waals surface area contributed by atoms with Crippen molar-refractivity contribution in [1.82, 2.24) is 4.90 Å². The normalized spacial score (nSPS) is 27.2. The number of carbonyl (C=O) groups is 1. The summed E-state index contributed by atoms with van der Waals surface area (Å²) in [5.74, 6) is -0.103. The van der Waals surface area contributed by atoms with Crippen molar-refractivity contribution < 1.29 is 9.90 Å². The van der Waals surface area contributed by atoms with Gasteiger partial charge in [0.25, 0.3) is 5.91 Å². The Morgan fingerprint density at radius 1 is 1.80 bits per heavy atom. The molecule has 58 valence electrons. The minimum atomic E-state index is -0.728. The van der Waals surface area contributed by atoms with Gasteiger partial charge in [-0.2, -0.15) is 0 Å². The first kappa shape index (κ1) is 7.54. The van der Waals surface area contributed by atoms with E-state index in [1.54, 1.807) is 4.90 Å². The molecule has 1 aliphatic rings. The van der Waals surface area contributed by atoms with E-state index < -0.39 is 6.10 Å². The number of likely N-dealkylation sites (N-methyl/N-ethyl adjacent to an activating group) is 1. The molecule has 1 aliphatic heterocycles. The molecule has 0 aromatic rings. The fourth-order valence-corrected chi connectivity index (χ4v) is 1.23. The first-order chi connectivity index (χ1) is 4.75. The van der Waals surface area contributed by atoms with E-state index in [1.165, 1.54) is 0 Å².